The molecule has 0 unspecified atom stereocenters. The molecule has 0 aliphatic heterocycles. The number of nitrogens with zero attached hydrogens (tertiary/aromatic N) is 2. The fourth-order valence-electron chi connectivity index (χ4n) is 1.61. The first-order chi connectivity index (χ1) is 9.05. The number of nitro benzene ring substituents is 1. The number of sulfonamides is 1. The van der Waals surface area contributed by atoms with Crippen LogP contribution in [0, 0.1) is 15.5 Å². The molecule has 0 atom stereocenters. The van der Waals surface area contributed by atoms with E-state index in [0.717, 1.165) is 0 Å². The van der Waals surface area contributed by atoms with E-state index < -0.39 is 20.6 Å². The van der Waals surface area contributed by atoms with Crippen molar-refractivity contribution < 1.29 is 13.3 Å². The molecular formula is C13H20N2O4S. The zero-order chi connectivity index (χ0) is 15.6. The first kappa shape index (κ1) is 16.6. The molecule has 0 bridgehead atoms. The van der Waals surface area contributed by atoms with Gasteiger partial charge in [-0.2, -0.15) is 0 Å². The summed E-state index contributed by atoms with van der Waals surface area (Å²) in [5.74, 6) is 0. The summed E-state index contributed by atoms with van der Waals surface area (Å²) in [5, 5.41) is 10.9. The largest absolute Gasteiger partial charge is 0.289 e. The van der Waals surface area contributed by atoms with E-state index in [1.165, 1.54) is 35.6 Å². The quantitative estimate of drug-likeness (QED) is 0.618. The Labute approximate surface area is 119 Å². The topological polar surface area (TPSA) is 80.5 Å². The maximum absolute atomic E-state index is 12.4. The van der Waals surface area contributed by atoms with E-state index in [4.69, 9.17) is 0 Å². The van der Waals surface area contributed by atoms with Crippen molar-refractivity contribution in [1.29, 1.82) is 0 Å². The van der Waals surface area contributed by atoms with E-state index >= 15 is 0 Å². The van der Waals surface area contributed by atoms with Gasteiger partial charge in [-0.25, -0.2) is 12.7 Å². The highest BCUT2D eigenvalue weighted by molar-refractivity contribution is 7.89. The van der Waals surface area contributed by atoms with Crippen LogP contribution in [0.25, 0.3) is 0 Å². The minimum Gasteiger partial charge on any atom is -0.258 e. The van der Waals surface area contributed by atoms with Gasteiger partial charge in [-0.3, -0.25) is 10.1 Å². The molecule has 0 aromatic heterocycles. The fraction of sp³-hybridized carbons (Fsp3) is 0.538. The van der Waals surface area contributed by atoms with E-state index in [9.17, 15) is 18.5 Å². The molecule has 20 heavy (non-hydrogen) atoms. The van der Waals surface area contributed by atoms with Gasteiger partial charge in [0.05, 0.1) is 4.92 Å². The van der Waals surface area contributed by atoms with Crippen molar-refractivity contribution in [2.75, 3.05) is 13.6 Å². The summed E-state index contributed by atoms with van der Waals surface area (Å²) in [4.78, 5) is 9.99. The van der Waals surface area contributed by atoms with Crippen molar-refractivity contribution in [1.82, 2.24) is 4.31 Å². The lowest BCUT2D eigenvalue weighted by molar-refractivity contribution is -0.387. The minimum atomic E-state index is -3.85. The summed E-state index contributed by atoms with van der Waals surface area (Å²) in [6, 6.07) is 5.40. The SMILES string of the molecule is CN(CCC(C)(C)C)S(=O)(=O)c1ccccc1[N+](=O)[O-]. The third-order valence-electron chi connectivity index (χ3n) is 2.93. The minimum absolute atomic E-state index is 0.00754. The zero-order valence-electron chi connectivity index (χ0n) is 12.2. The van der Waals surface area contributed by atoms with Crippen LogP contribution >= 0.6 is 0 Å². The Morgan fingerprint density at radius 1 is 1.25 bits per heavy atom. The summed E-state index contributed by atoms with van der Waals surface area (Å²) >= 11 is 0. The van der Waals surface area contributed by atoms with Crippen molar-refractivity contribution in [2.24, 2.45) is 5.41 Å². The van der Waals surface area contributed by atoms with Gasteiger partial charge >= 0.3 is 0 Å². The Hall–Kier alpha value is -1.47. The lowest BCUT2D eigenvalue weighted by atomic mass is 9.92. The highest BCUT2D eigenvalue weighted by Gasteiger charge is 2.29. The molecule has 0 saturated heterocycles. The van der Waals surface area contributed by atoms with Gasteiger partial charge in [0.2, 0.25) is 10.0 Å². The molecule has 112 valence electrons. The summed E-state index contributed by atoms with van der Waals surface area (Å²) < 4.78 is 26.0. The normalized spacial score (nSPS) is 12.7. The van der Waals surface area contributed by atoms with Gasteiger partial charge in [0, 0.05) is 19.7 Å². The second-order valence-electron chi connectivity index (χ2n) is 5.86. The predicted octanol–water partition coefficient (Wildman–Crippen LogP) is 2.65. The summed E-state index contributed by atoms with van der Waals surface area (Å²) in [5.41, 5.74) is -0.401. The zero-order valence-corrected chi connectivity index (χ0v) is 13.0. The van der Waals surface area contributed by atoms with E-state index in [1.54, 1.807) is 0 Å². The summed E-state index contributed by atoms with van der Waals surface area (Å²) in [6.07, 6.45) is 0.670. The molecular weight excluding hydrogens is 280 g/mol. The van der Waals surface area contributed by atoms with Crippen molar-refractivity contribution in [2.45, 2.75) is 32.1 Å². The molecule has 0 spiro atoms. The molecule has 6 nitrogen and oxygen atoms in total. The van der Waals surface area contributed by atoms with Gasteiger partial charge in [0.1, 0.15) is 0 Å². The number of nitro groups is 1. The molecule has 1 aromatic rings. The Morgan fingerprint density at radius 2 is 1.80 bits per heavy atom. The number of para-hydroxylation sites is 1. The first-order valence-electron chi connectivity index (χ1n) is 6.25. The monoisotopic (exact) mass is 300 g/mol. The van der Waals surface area contributed by atoms with Gasteiger partial charge in [-0.05, 0) is 17.9 Å². The Kier molecular flexibility index (Phi) is 4.88. The maximum atomic E-state index is 12.4. The standard InChI is InChI=1S/C13H20N2O4S/c1-13(2,3)9-10-14(4)20(18,19)12-8-6-5-7-11(12)15(16)17/h5-8H,9-10H2,1-4H3. The van der Waals surface area contributed by atoms with Gasteiger partial charge in [0.15, 0.2) is 4.90 Å². The van der Waals surface area contributed by atoms with Crippen molar-refractivity contribution in [3.8, 4) is 0 Å². The third-order valence-corrected chi connectivity index (χ3v) is 4.83. The molecule has 0 aliphatic rings. The third kappa shape index (κ3) is 4.01. The van der Waals surface area contributed by atoms with Crippen LogP contribution in [0.2, 0.25) is 0 Å². The Bertz CT molecular complexity index is 591. The van der Waals surface area contributed by atoms with Crippen molar-refractivity contribution in [3.05, 3.63) is 34.4 Å². The van der Waals surface area contributed by atoms with Crippen LogP contribution in [0.5, 0.6) is 0 Å². The Morgan fingerprint density at radius 3 is 2.30 bits per heavy atom. The van der Waals surface area contributed by atoms with Crippen LogP contribution in [0.15, 0.2) is 29.2 Å². The van der Waals surface area contributed by atoms with Gasteiger partial charge in [-0.15, -0.1) is 0 Å². The van der Waals surface area contributed by atoms with Gasteiger partial charge in [0.25, 0.3) is 5.69 Å². The lowest BCUT2D eigenvalue weighted by Crippen LogP contribution is -2.30. The molecule has 1 rings (SSSR count). The van der Waals surface area contributed by atoms with Gasteiger partial charge in [-0.1, -0.05) is 32.9 Å². The second-order valence-corrected chi connectivity index (χ2v) is 7.88. The van der Waals surface area contributed by atoms with Crippen LogP contribution in [0.3, 0.4) is 0 Å². The summed E-state index contributed by atoms with van der Waals surface area (Å²) in [6.45, 7) is 6.35. The van der Waals surface area contributed by atoms with E-state index in [-0.39, 0.29) is 10.3 Å². The molecule has 0 aliphatic carbocycles. The number of benzene rings is 1. The van der Waals surface area contributed by atoms with Crippen molar-refractivity contribution >= 4 is 15.7 Å². The van der Waals surface area contributed by atoms with Crippen LogP contribution in [0.4, 0.5) is 5.69 Å². The van der Waals surface area contributed by atoms with Crippen LogP contribution < -0.4 is 0 Å². The van der Waals surface area contributed by atoms with Gasteiger partial charge < -0.3 is 0 Å². The lowest BCUT2D eigenvalue weighted by Gasteiger charge is -2.23. The molecule has 1 aromatic carbocycles. The van der Waals surface area contributed by atoms with Crippen molar-refractivity contribution in [3.63, 3.8) is 0 Å². The summed E-state index contributed by atoms with van der Waals surface area (Å²) in [7, 11) is -2.40. The van der Waals surface area contributed by atoms with E-state index in [0.29, 0.717) is 13.0 Å². The van der Waals surface area contributed by atoms with Crippen LogP contribution in [-0.2, 0) is 10.0 Å². The predicted molar refractivity (Wildman–Crippen MR) is 77.0 cm³/mol. The van der Waals surface area contributed by atoms with E-state index in [1.807, 2.05) is 20.8 Å². The van der Waals surface area contributed by atoms with E-state index in [2.05, 4.69) is 0 Å². The van der Waals surface area contributed by atoms with Crippen LogP contribution in [0.1, 0.15) is 27.2 Å². The average Bonchev–Trinajstić information content (AvgIpc) is 2.34. The molecule has 0 saturated carbocycles. The highest BCUT2D eigenvalue weighted by Crippen LogP contribution is 2.27. The maximum Gasteiger partial charge on any atom is 0.289 e. The molecule has 0 N–H and O–H groups in total. The first-order valence-corrected chi connectivity index (χ1v) is 7.69. The smallest absolute Gasteiger partial charge is 0.258 e. The fourth-order valence-corrected chi connectivity index (χ4v) is 2.93. The molecule has 0 heterocycles. The number of hydrogen-bond acceptors (Lipinski definition) is 4. The average molecular weight is 300 g/mol. The number of hydrogen-bond donors (Lipinski definition) is 0. The molecule has 7 heteroatoms. The molecule has 0 amide bonds. The van der Waals surface area contributed by atoms with Crippen LogP contribution in [-0.4, -0.2) is 31.2 Å². The highest BCUT2D eigenvalue weighted by atomic mass is 32.2. The second kappa shape index (κ2) is 5.88. The molecule has 0 fully saturated rings. The Balaban J connectivity index is 3.08. The number of rotatable bonds is 5. The molecule has 0 radical (unpaired) electrons.